The first kappa shape index (κ1) is 19.8. The molecule has 4 rings (SSSR count). The van der Waals surface area contributed by atoms with E-state index in [2.05, 4.69) is 27.1 Å². The van der Waals surface area contributed by atoms with Crippen LogP contribution in [0.1, 0.15) is 37.0 Å². The number of aryl methyl sites for hydroxylation is 1. The van der Waals surface area contributed by atoms with Crippen molar-refractivity contribution in [1.29, 1.82) is 0 Å². The van der Waals surface area contributed by atoms with Crippen LogP contribution in [-0.2, 0) is 19.1 Å². The van der Waals surface area contributed by atoms with Crippen LogP contribution < -0.4 is 5.56 Å². The molecule has 0 amide bonds. The van der Waals surface area contributed by atoms with Crippen molar-refractivity contribution in [1.82, 2.24) is 29.5 Å². The fourth-order valence-corrected chi connectivity index (χ4v) is 3.00. The molecule has 0 saturated carbocycles. The second-order valence-electron chi connectivity index (χ2n) is 6.73. The molecule has 1 aromatic carbocycles. The normalized spacial score (nSPS) is 12.0. The van der Waals surface area contributed by atoms with Crippen molar-refractivity contribution in [3.8, 4) is 5.69 Å². The Morgan fingerprint density at radius 2 is 2.07 bits per heavy atom. The van der Waals surface area contributed by atoms with Crippen molar-refractivity contribution in [2.45, 2.75) is 38.9 Å². The SMILES string of the molecule is CCCCc1noc(Cn2cnc3c(cnn3-c3cccc(C(F)(F)F)c3)c2=O)n1. The van der Waals surface area contributed by atoms with Gasteiger partial charge in [-0.25, -0.2) is 9.67 Å². The molecule has 11 heteroatoms. The summed E-state index contributed by atoms with van der Waals surface area (Å²) < 4.78 is 46.7. The molecule has 0 fully saturated rings. The summed E-state index contributed by atoms with van der Waals surface area (Å²) in [5.74, 6) is 0.848. The molecular formula is C19H17F3N6O2. The van der Waals surface area contributed by atoms with Crippen molar-refractivity contribution in [3.05, 3.63) is 64.4 Å². The molecule has 30 heavy (non-hydrogen) atoms. The summed E-state index contributed by atoms with van der Waals surface area (Å²) in [6.07, 6.45) is 0.699. The van der Waals surface area contributed by atoms with Gasteiger partial charge >= 0.3 is 6.18 Å². The van der Waals surface area contributed by atoms with Crippen LogP contribution in [0, 0.1) is 0 Å². The first-order chi connectivity index (χ1) is 14.4. The van der Waals surface area contributed by atoms with Crippen LogP contribution >= 0.6 is 0 Å². The number of alkyl halides is 3. The maximum Gasteiger partial charge on any atom is 0.416 e. The van der Waals surface area contributed by atoms with Gasteiger partial charge < -0.3 is 4.52 Å². The molecule has 4 aromatic rings. The number of rotatable bonds is 6. The molecule has 3 aromatic heterocycles. The van der Waals surface area contributed by atoms with Gasteiger partial charge in [0.25, 0.3) is 5.56 Å². The number of nitrogens with zero attached hydrogens (tertiary/aromatic N) is 6. The van der Waals surface area contributed by atoms with E-state index in [0.717, 1.165) is 25.0 Å². The molecule has 0 spiro atoms. The Balaban J connectivity index is 1.66. The van der Waals surface area contributed by atoms with Crippen LogP contribution in [0.25, 0.3) is 16.7 Å². The third-order valence-electron chi connectivity index (χ3n) is 4.54. The highest BCUT2D eigenvalue weighted by atomic mass is 19.4. The number of benzene rings is 1. The minimum Gasteiger partial charge on any atom is -0.337 e. The Labute approximate surface area is 168 Å². The van der Waals surface area contributed by atoms with Gasteiger partial charge in [0.15, 0.2) is 11.5 Å². The van der Waals surface area contributed by atoms with Gasteiger partial charge in [0.2, 0.25) is 5.89 Å². The monoisotopic (exact) mass is 418 g/mol. The summed E-state index contributed by atoms with van der Waals surface area (Å²) in [4.78, 5) is 21.3. The molecule has 0 aliphatic heterocycles. The first-order valence-corrected chi connectivity index (χ1v) is 9.29. The highest BCUT2D eigenvalue weighted by molar-refractivity contribution is 5.75. The third-order valence-corrected chi connectivity index (χ3v) is 4.54. The Morgan fingerprint density at radius 1 is 1.23 bits per heavy atom. The predicted octanol–water partition coefficient (Wildman–Crippen LogP) is 3.37. The van der Waals surface area contributed by atoms with E-state index in [1.165, 1.54) is 33.9 Å². The highest BCUT2D eigenvalue weighted by Crippen LogP contribution is 2.30. The first-order valence-electron chi connectivity index (χ1n) is 9.29. The quantitative estimate of drug-likeness (QED) is 0.477. The molecule has 3 heterocycles. The maximum absolute atomic E-state index is 13.0. The smallest absolute Gasteiger partial charge is 0.337 e. The Kier molecular flexibility index (Phi) is 5.10. The average molecular weight is 418 g/mol. The van der Waals surface area contributed by atoms with E-state index in [4.69, 9.17) is 4.52 Å². The van der Waals surface area contributed by atoms with E-state index in [9.17, 15) is 18.0 Å². The Morgan fingerprint density at radius 3 is 2.83 bits per heavy atom. The van der Waals surface area contributed by atoms with E-state index in [0.29, 0.717) is 12.2 Å². The summed E-state index contributed by atoms with van der Waals surface area (Å²) in [5.41, 5.74) is -0.912. The number of hydrogen-bond acceptors (Lipinski definition) is 6. The zero-order valence-corrected chi connectivity index (χ0v) is 15.9. The summed E-state index contributed by atoms with van der Waals surface area (Å²) in [6.45, 7) is 2.09. The van der Waals surface area contributed by atoms with Crippen LogP contribution in [0.3, 0.4) is 0 Å². The van der Waals surface area contributed by atoms with Crippen molar-refractivity contribution in [3.63, 3.8) is 0 Å². The fraction of sp³-hybridized carbons (Fsp3) is 0.316. The van der Waals surface area contributed by atoms with E-state index in [1.54, 1.807) is 0 Å². The van der Waals surface area contributed by atoms with E-state index in [-0.39, 0.29) is 29.2 Å². The van der Waals surface area contributed by atoms with Crippen LogP contribution in [-0.4, -0.2) is 29.5 Å². The number of halogens is 3. The lowest BCUT2D eigenvalue weighted by Crippen LogP contribution is -2.21. The molecule has 0 unspecified atom stereocenters. The van der Waals surface area contributed by atoms with Gasteiger partial charge in [-0.2, -0.15) is 23.3 Å². The van der Waals surface area contributed by atoms with E-state index in [1.807, 2.05) is 0 Å². The summed E-state index contributed by atoms with van der Waals surface area (Å²) in [5, 5.41) is 8.11. The van der Waals surface area contributed by atoms with Crippen LogP contribution in [0.2, 0.25) is 0 Å². The molecule has 8 nitrogen and oxygen atoms in total. The second kappa shape index (κ2) is 7.73. The van der Waals surface area contributed by atoms with Gasteiger partial charge in [0, 0.05) is 6.42 Å². The molecule has 0 radical (unpaired) electrons. The van der Waals surface area contributed by atoms with Crippen molar-refractivity contribution in [2.24, 2.45) is 0 Å². The van der Waals surface area contributed by atoms with E-state index < -0.39 is 17.3 Å². The minimum absolute atomic E-state index is 0.0373. The molecule has 0 N–H and O–H groups in total. The van der Waals surface area contributed by atoms with E-state index >= 15 is 0 Å². The Hall–Kier alpha value is -3.50. The van der Waals surface area contributed by atoms with Crippen LogP contribution in [0.5, 0.6) is 0 Å². The number of unbranched alkanes of at least 4 members (excludes halogenated alkanes) is 1. The maximum atomic E-state index is 13.0. The second-order valence-corrected chi connectivity index (χ2v) is 6.73. The van der Waals surface area contributed by atoms with Crippen LogP contribution in [0.15, 0.2) is 46.1 Å². The Bertz CT molecular complexity index is 1240. The molecule has 0 bridgehead atoms. The van der Waals surface area contributed by atoms with Crippen LogP contribution in [0.4, 0.5) is 13.2 Å². The standard InChI is InChI=1S/C19H17F3N6O2/c1-2-3-7-15-25-16(30-26-15)10-27-11-23-17-14(18(27)29)9-24-28(17)13-6-4-5-12(8-13)19(20,21)22/h4-6,8-9,11H,2-3,7,10H2,1H3. The third kappa shape index (κ3) is 3.82. The van der Waals surface area contributed by atoms with Crippen molar-refractivity contribution in [2.75, 3.05) is 0 Å². The van der Waals surface area contributed by atoms with Gasteiger partial charge in [-0.15, -0.1) is 0 Å². The molecule has 0 atom stereocenters. The summed E-state index contributed by atoms with van der Waals surface area (Å²) in [6, 6.07) is 4.66. The van der Waals surface area contributed by atoms with Gasteiger partial charge in [-0.05, 0) is 24.6 Å². The molecule has 0 aliphatic rings. The molecule has 156 valence electrons. The van der Waals surface area contributed by atoms with Gasteiger partial charge in [-0.1, -0.05) is 24.6 Å². The van der Waals surface area contributed by atoms with Crippen molar-refractivity contribution < 1.29 is 17.7 Å². The zero-order valence-electron chi connectivity index (χ0n) is 15.9. The molecular weight excluding hydrogens is 401 g/mol. The lowest BCUT2D eigenvalue weighted by atomic mass is 10.2. The molecule has 0 aliphatic carbocycles. The van der Waals surface area contributed by atoms with Crippen molar-refractivity contribution >= 4 is 11.0 Å². The summed E-state index contributed by atoms with van der Waals surface area (Å²) >= 11 is 0. The largest absolute Gasteiger partial charge is 0.416 e. The molecule has 0 saturated heterocycles. The number of fused-ring (bicyclic) bond motifs is 1. The topological polar surface area (TPSA) is 91.6 Å². The zero-order chi connectivity index (χ0) is 21.3. The fourth-order valence-electron chi connectivity index (χ4n) is 3.00. The summed E-state index contributed by atoms with van der Waals surface area (Å²) in [7, 11) is 0. The minimum atomic E-state index is -4.49. The average Bonchev–Trinajstić information content (AvgIpc) is 3.35. The van der Waals surface area contributed by atoms with Gasteiger partial charge in [-0.3, -0.25) is 9.36 Å². The lowest BCUT2D eigenvalue weighted by molar-refractivity contribution is -0.137. The highest BCUT2D eigenvalue weighted by Gasteiger charge is 2.30. The van der Waals surface area contributed by atoms with Gasteiger partial charge in [0.05, 0.1) is 17.4 Å². The lowest BCUT2D eigenvalue weighted by Gasteiger charge is -2.09. The van der Waals surface area contributed by atoms with Gasteiger partial charge in [0.1, 0.15) is 18.3 Å². The number of aromatic nitrogens is 6. The number of hydrogen-bond donors (Lipinski definition) is 0. The predicted molar refractivity (Wildman–Crippen MR) is 100 cm³/mol.